The van der Waals surface area contributed by atoms with Gasteiger partial charge in [0.2, 0.25) is 0 Å². The van der Waals surface area contributed by atoms with Gasteiger partial charge in [0, 0.05) is 12.7 Å². The van der Waals surface area contributed by atoms with Crippen LogP contribution in [0.15, 0.2) is 36.0 Å². The summed E-state index contributed by atoms with van der Waals surface area (Å²) in [6.45, 7) is 0.440. The summed E-state index contributed by atoms with van der Waals surface area (Å²) in [6, 6.07) is 5.25. The van der Waals surface area contributed by atoms with Gasteiger partial charge in [0.25, 0.3) is 0 Å². The summed E-state index contributed by atoms with van der Waals surface area (Å²) < 4.78 is 1.84. The van der Waals surface area contributed by atoms with Gasteiger partial charge in [-0.2, -0.15) is 11.8 Å². The van der Waals surface area contributed by atoms with Crippen molar-refractivity contribution in [3.63, 3.8) is 0 Å². The standard InChI is InChI=1S/C18H23N5O2S/c1-26-11-9-14(16-22-21-15-8-4-5-10-23(15)16)20-18(25)17(24)19-12-13-6-2-3-7-13/h4-6,8,10,14H,2-3,7,9,11-12H2,1H3,(H,19,24)(H,20,25). The number of rotatable bonds is 7. The number of carbonyl (C=O) groups excluding carboxylic acids is 2. The van der Waals surface area contributed by atoms with Crippen molar-refractivity contribution in [1.82, 2.24) is 25.2 Å². The van der Waals surface area contributed by atoms with E-state index in [9.17, 15) is 9.59 Å². The monoisotopic (exact) mass is 373 g/mol. The predicted molar refractivity (Wildman–Crippen MR) is 102 cm³/mol. The smallest absolute Gasteiger partial charge is 0.309 e. The molecule has 26 heavy (non-hydrogen) atoms. The number of nitrogens with one attached hydrogen (secondary N) is 2. The normalized spacial score (nSPS) is 14.9. The molecule has 0 fully saturated rings. The predicted octanol–water partition coefficient (Wildman–Crippen LogP) is 1.87. The minimum Gasteiger partial charge on any atom is -0.344 e. The van der Waals surface area contributed by atoms with Crippen molar-refractivity contribution in [1.29, 1.82) is 0 Å². The number of hydrogen-bond acceptors (Lipinski definition) is 5. The van der Waals surface area contributed by atoms with Crippen LogP contribution in [0.25, 0.3) is 5.65 Å². The van der Waals surface area contributed by atoms with E-state index in [2.05, 4.69) is 26.9 Å². The molecule has 0 saturated carbocycles. The molecule has 7 nitrogen and oxygen atoms in total. The highest BCUT2D eigenvalue weighted by Gasteiger charge is 2.23. The average molecular weight is 373 g/mol. The van der Waals surface area contributed by atoms with E-state index in [1.807, 2.05) is 35.1 Å². The first-order chi connectivity index (χ1) is 12.7. The summed E-state index contributed by atoms with van der Waals surface area (Å²) in [5.74, 6) is 0.221. The van der Waals surface area contributed by atoms with E-state index in [0.29, 0.717) is 24.4 Å². The van der Waals surface area contributed by atoms with Crippen LogP contribution in [0.5, 0.6) is 0 Å². The Labute approximate surface area is 156 Å². The van der Waals surface area contributed by atoms with Gasteiger partial charge in [-0.25, -0.2) is 0 Å². The molecule has 0 saturated heterocycles. The van der Waals surface area contributed by atoms with Gasteiger partial charge in [0.05, 0.1) is 6.04 Å². The summed E-state index contributed by atoms with van der Waals surface area (Å²) in [5.41, 5.74) is 1.90. The van der Waals surface area contributed by atoms with Gasteiger partial charge in [-0.3, -0.25) is 14.0 Å². The van der Waals surface area contributed by atoms with Gasteiger partial charge in [0.15, 0.2) is 11.5 Å². The van der Waals surface area contributed by atoms with Crippen molar-refractivity contribution in [3.8, 4) is 0 Å². The molecule has 1 atom stereocenters. The first-order valence-corrected chi connectivity index (χ1v) is 10.1. The third-order valence-corrected chi connectivity index (χ3v) is 5.03. The molecule has 1 unspecified atom stereocenters. The maximum absolute atomic E-state index is 12.3. The lowest BCUT2D eigenvalue weighted by atomic mass is 10.2. The molecule has 0 radical (unpaired) electrons. The van der Waals surface area contributed by atoms with Crippen LogP contribution < -0.4 is 10.6 Å². The van der Waals surface area contributed by atoms with Crippen LogP contribution in [0.4, 0.5) is 0 Å². The second kappa shape index (κ2) is 8.84. The molecular formula is C18H23N5O2S. The minimum absolute atomic E-state index is 0.371. The highest BCUT2D eigenvalue weighted by Crippen LogP contribution is 2.18. The third-order valence-electron chi connectivity index (χ3n) is 4.39. The zero-order valence-corrected chi connectivity index (χ0v) is 15.6. The van der Waals surface area contributed by atoms with Crippen molar-refractivity contribution in [2.24, 2.45) is 0 Å². The molecule has 2 N–H and O–H groups in total. The van der Waals surface area contributed by atoms with Crippen molar-refractivity contribution in [2.45, 2.75) is 31.7 Å². The molecule has 0 aromatic carbocycles. The Hall–Kier alpha value is -2.35. The van der Waals surface area contributed by atoms with E-state index in [-0.39, 0.29) is 6.04 Å². The first kappa shape index (κ1) is 18.4. The van der Waals surface area contributed by atoms with Gasteiger partial charge in [-0.05, 0) is 49.8 Å². The quantitative estimate of drug-likeness (QED) is 0.571. The molecule has 8 heteroatoms. The summed E-state index contributed by atoms with van der Waals surface area (Å²) in [4.78, 5) is 24.5. The number of aromatic nitrogens is 3. The van der Waals surface area contributed by atoms with Gasteiger partial charge in [-0.15, -0.1) is 10.2 Å². The molecule has 0 spiro atoms. The van der Waals surface area contributed by atoms with E-state index in [4.69, 9.17) is 0 Å². The molecule has 0 bridgehead atoms. The second-order valence-electron chi connectivity index (χ2n) is 6.23. The SMILES string of the molecule is CSCCC(NC(=O)C(=O)NCC1=CCCC1)c1nnc2ccccn12. The Balaban J connectivity index is 1.67. The zero-order valence-electron chi connectivity index (χ0n) is 14.8. The molecule has 3 rings (SSSR count). The summed E-state index contributed by atoms with van der Waals surface area (Å²) in [7, 11) is 0. The van der Waals surface area contributed by atoms with Crippen molar-refractivity contribution in [3.05, 3.63) is 41.9 Å². The van der Waals surface area contributed by atoms with Gasteiger partial charge < -0.3 is 10.6 Å². The Morgan fingerprint density at radius 1 is 1.31 bits per heavy atom. The van der Waals surface area contributed by atoms with Crippen molar-refractivity contribution in [2.75, 3.05) is 18.6 Å². The van der Waals surface area contributed by atoms with Gasteiger partial charge in [-0.1, -0.05) is 17.7 Å². The van der Waals surface area contributed by atoms with Crippen LogP contribution >= 0.6 is 11.8 Å². The highest BCUT2D eigenvalue weighted by molar-refractivity contribution is 7.98. The number of allylic oxidation sites excluding steroid dienone is 1. The Morgan fingerprint density at radius 2 is 2.19 bits per heavy atom. The summed E-state index contributed by atoms with van der Waals surface area (Å²) >= 11 is 1.68. The van der Waals surface area contributed by atoms with E-state index < -0.39 is 11.8 Å². The van der Waals surface area contributed by atoms with Gasteiger partial charge >= 0.3 is 11.8 Å². The Morgan fingerprint density at radius 3 is 2.96 bits per heavy atom. The number of hydrogen-bond donors (Lipinski definition) is 2. The van der Waals surface area contributed by atoms with Crippen molar-refractivity contribution >= 4 is 29.2 Å². The fourth-order valence-corrected chi connectivity index (χ4v) is 3.47. The van der Waals surface area contributed by atoms with Crippen LogP contribution in [0.1, 0.15) is 37.5 Å². The summed E-state index contributed by atoms with van der Waals surface area (Å²) in [5, 5.41) is 13.9. The molecule has 1 aliphatic carbocycles. The number of thioether (sulfide) groups is 1. The van der Waals surface area contributed by atoms with Gasteiger partial charge in [0.1, 0.15) is 0 Å². The molecule has 138 valence electrons. The van der Waals surface area contributed by atoms with E-state index in [1.165, 1.54) is 5.57 Å². The van der Waals surface area contributed by atoms with Crippen LogP contribution in [-0.4, -0.2) is 45.0 Å². The zero-order chi connectivity index (χ0) is 18.4. The fraction of sp³-hybridized carbons (Fsp3) is 0.444. The second-order valence-corrected chi connectivity index (χ2v) is 7.22. The number of amides is 2. The lowest BCUT2D eigenvalue weighted by Gasteiger charge is -2.17. The number of fused-ring (bicyclic) bond motifs is 1. The number of nitrogens with zero attached hydrogens (tertiary/aromatic N) is 3. The third kappa shape index (κ3) is 4.43. The Bertz CT molecular complexity index is 817. The molecule has 2 heterocycles. The lowest BCUT2D eigenvalue weighted by Crippen LogP contribution is -2.42. The van der Waals surface area contributed by atoms with E-state index >= 15 is 0 Å². The Kier molecular flexibility index (Phi) is 6.27. The molecule has 2 aromatic rings. The maximum atomic E-state index is 12.3. The van der Waals surface area contributed by atoms with E-state index in [1.54, 1.807) is 11.8 Å². The van der Waals surface area contributed by atoms with Crippen LogP contribution in [0.3, 0.4) is 0 Å². The molecule has 0 aliphatic heterocycles. The topological polar surface area (TPSA) is 88.4 Å². The molecule has 2 aromatic heterocycles. The number of pyridine rings is 1. The minimum atomic E-state index is -0.637. The highest BCUT2D eigenvalue weighted by atomic mass is 32.2. The molecule has 1 aliphatic rings. The van der Waals surface area contributed by atoms with Crippen LogP contribution in [0, 0.1) is 0 Å². The largest absolute Gasteiger partial charge is 0.344 e. The van der Waals surface area contributed by atoms with Crippen molar-refractivity contribution < 1.29 is 9.59 Å². The fourth-order valence-electron chi connectivity index (χ4n) is 2.99. The lowest BCUT2D eigenvalue weighted by molar-refractivity contribution is -0.139. The maximum Gasteiger partial charge on any atom is 0.309 e. The molecule has 2 amide bonds. The summed E-state index contributed by atoms with van der Waals surface area (Å²) in [6.07, 6.45) is 9.81. The average Bonchev–Trinajstić information content (AvgIpc) is 3.32. The van der Waals surface area contributed by atoms with Crippen LogP contribution in [0.2, 0.25) is 0 Å². The first-order valence-electron chi connectivity index (χ1n) is 8.74. The number of carbonyl (C=O) groups is 2. The van der Waals surface area contributed by atoms with Crippen LogP contribution in [-0.2, 0) is 9.59 Å². The molecular weight excluding hydrogens is 350 g/mol. The van der Waals surface area contributed by atoms with E-state index in [0.717, 1.165) is 25.0 Å².